The van der Waals surface area contributed by atoms with E-state index < -0.39 is 5.54 Å². The minimum Gasteiger partial charge on any atom is -0.304 e. The Morgan fingerprint density at radius 2 is 1.93 bits per heavy atom. The average Bonchev–Trinajstić information content (AvgIpc) is 2.31. The Bertz CT molecular complexity index is 347. The van der Waals surface area contributed by atoms with Gasteiger partial charge in [0, 0.05) is 6.42 Å². The number of carbonyl (C=O) groups excluding carboxylic acids is 1. The second-order valence-corrected chi connectivity index (χ2v) is 4.15. The molecule has 1 unspecified atom stereocenters. The first-order valence-corrected chi connectivity index (χ1v) is 5.57. The summed E-state index contributed by atoms with van der Waals surface area (Å²) in [6.45, 7) is 0. The summed E-state index contributed by atoms with van der Waals surface area (Å²) in [5.41, 5.74) is 0.691. The van der Waals surface area contributed by atoms with Gasteiger partial charge in [0.1, 0.15) is 5.54 Å². The van der Waals surface area contributed by atoms with Crippen molar-refractivity contribution in [2.75, 3.05) is 7.05 Å². The van der Waals surface area contributed by atoms with Gasteiger partial charge in [0.05, 0.1) is 0 Å². The summed E-state index contributed by atoms with van der Waals surface area (Å²) in [5.74, 6) is 0.336. The number of rotatable bonds is 2. The van der Waals surface area contributed by atoms with Crippen LogP contribution in [0.25, 0.3) is 0 Å². The summed E-state index contributed by atoms with van der Waals surface area (Å²) in [6.07, 6.45) is 3.79. The Labute approximate surface area is 90.7 Å². The third-order valence-corrected chi connectivity index (χ3v) is 3.37. The molecule has 1 aromatic rings. The lowest BCUT2D eigenvalue weighted by Crippen LogP contribution is -2.49. The highest BCUT2D eigenvalue weighted by atomic mass is 16.1. The molecule has 0 spiro atoms. The molecule has 0 bridgehead atoms. The van der Waals surface area contributed by atoms with Crippen LogP contribution in [0.5, 0.6) is 0 Å². The van der Waals surface area contributed by atoms with Gasteiger partial charge in [0.15, 0.2) is 5.78 Å². The SMILES string of the molecule is CNC1(c2ccccc2)CCCCC1=O. The molecule has 1 aromatic carbocycles. The van der Waals surface area contributed by atoms with Gasteiger partial charge in [-0.3, -0.25) is 4.79 Å². The second-order valence-electron chi connectivity index (χ2n) is 4.15. The molecule has 15 heavy (non-hydrogen) atoms. The van der Waals surface area contributed by atoms with E-state index in [1.807, 2.05) is 37.4 Å². The highest BCUT2D eigenvalue weighted by molar-refractivity contribution is 5.90. The minimum atomic E-state index is -0.417. The number of carbonyl (C=O) groups is 1. The van der Waals surface area contributed by atoms with E-state index in [2.05, 4.69) is 5.32 Å². The number of hydrogen-bond donors (Lipinski definition) is 1. The Balaban J connectivity index is 2.40. The van der Waals surface area contributed by atoms with E-state index in [1.54, 1.807) is 0 Å². The molecule has 2 heteroatoms. The van der Waals surface area contributed by atoms with Gasteiger partial charge in [-0.25, -0.2) is 0 Å². The maximum absolute atomic E-state index is 12.1. The number of Topliss-reactive ketones (excluding diaryl/α,β-unsaturated/α-hetero) is 1. The zero-order valence-corrected chi connectivity index (χ0v) is 9.12. The molecular weight excluding hydrogens is 186 g/mol. The van der Waals surface area contributed by atoms with Crippen molar-refractivity contribution in [2.24, 2.45) is 0 Å². The standard InChI is InChI=1S/C13H17NO/c1-14-13(10-6-5-9-12(13)15)11-7-3-2-4-8-11/h2-4,7-8,14H,5-6,9-10H2,1H3. The molecule has 1 N–H and O–H groups in total. The maximum Gasteiger partial charge on any atom is 0.157 e. The largest absolute Gasteiger partial charge is 0.304 e. The molecule has 1 fully saturated rings. The van der Waals surface area contributed by atoms with Gasteiger partial charge < -0.3 is 5.32 Å². The maximum atomic E-state index is 12.1. The van der Waals surface area contributed by atoms with E-state index in [9.17, 15) is 4.79 Å². The molecule has 0 radical (unpaired) electrons. The quantitative estimate of drug-likeness (QED) is 0.798. The van der Waals surface area contributed by atoms with Crippen LogP contribution in [0.2, 0.25) is 0 Å². The molecule has 0 aromatic heterocycles. The van der Waals surface area contributed by atoms with Gasteiger partial charge in [0.25, 0.3) is 0 Å². The topological polar surface area (TPSA) is 29.1 Å². The number of hydrogen-bond acceptors (Lipinski definition) is 2. The van der Waals surface area contributed by atoms with Crippen molar-refractivity contribution in [1.82, 2.24) is 5.32 Å². The zero-order valence-electron chi connectivity index (χ0n) is 9.12. The third-order valence-electron chi connectivity index (χ3n) is 3.37. The van der Waals surface area contributed by atoms with E-state index in [4.69, 9.17) is 0 Å². The first kappa shape index (κ1) is 10.4. The van der Waals surface area contributed by atoms with E-state index in [0.717, 1.165) is 24.8 Å². The van der Waals surface area contributed by atoms with Crippen LogP contribution >= 0.6 is 0 Å². The van der Waals surface area contributed by atoms with Crippen LogP contribution in [0.4, 0.5) is 0 Å². The predicted molar refractivity (Wildman–Crippen MR) is 60.7 cm³/mol. The fourth-order valence-electron chi connectivity index (χ4n) is 2.47. The average molecular weight is 203 g/mol. The number of likely N-dealkylation sites (N-methyl/N-ethyl adjacent to an activating group) is 1. The number of ketones is 1. The van der Waals surface area contributed by atoms with Crippen molar-refractivity contribution in [2.45, 2.75) is 31.2 Å². The van der Waals surface area contributed by atoms with Crippen molar-refractivity contribution in [1.29, 1.82) is 0 Å². The van der Waals surface area contributed by atoms with Crippen LogP contribution in [-0.2, 0) is 10.3 Å². The molecule has 1 aliphatic rings. The molecule has 0 saturated heterocycles. The number of benzene rings is 1. The fourth-order valence-corrected chi connectivity index (χ4v) is 2.47. The predicted octanol–water partition coefficient (Wildman–Crippen LogP) is 2.24. The summed E-state index contributed by atoms with van der Waals surface area (Å²) in [5, 5.41) is 3.23. The van der Waals surface area contributed by atoms with Crippen molar-refractivity contribution < 1.29 is 4.79 Å². The summed E-state index contributed by atoms with van der Waals surface area (Å²) < 4.78 is 0. The Kier molecular flexibility index (Phi) is 2.87. The van der Waals surface area contributed by atoms with E-state index in [1.165, 1.54) is 0 Å². The molecule has 80 valence electrons. The van der Waals surface area contributed by atoms with Gasteiger partial charge in [-0.1, -0.05) is 36.8 Å². The first-order valence-electron chi connectivity index (χ1n) is 5.57. The van der Waals surface area contributed by atoms with Gasteiger partial charge in [-0.05, 0) is 25.5 Å². The molecule has 1 aliphatic carbocycles. The molecule has 0 heterocycles. The van der Waals surface area contributed by atoms with Crippen LogP contribution in [0.3, 0.4) is 0 Å². The van der Waals surface area contributed by atoms with Gasteiger partial charge >= 0.3 is 0 Å². The van der Waals surface area contributed by atoms with Crippen molar-refractivity contribution in [3.05, 3.63) is 35.9 Å². The van der Waals surface area contributed by atoms with E-state index in [0.29, 0.717) is 12.2 Å². The van der Waals surface area contributed by atoms with Crippen LogP contribution < -0.4 is 5.32 Å². The molecule has 0 aliphatic heterocycles. The van der Waals surface area contributed by atoms with Crippen molar-refractivity contribution in [3.63, 3.8) is 0 Å². The molecule has 2 rings (SSSR count). The normalized spacial score (nSPS) is 26.6. The van der Waals surface area contributed by atoms with E-state index in [-0.39, 0.29) is 0 Å². The monoisotopic (exact) mass is 203 g/mol. The molecular formula is C13H17NO. The summed E-state index contributed by atoms with van der Waals surface area (Å²) >= 11 is 0. The third kappa shape index (κ3) is 1.70. The van der Waals surface area contributed by atoms with Gasteiger partial charge in [-0.2, -0.15) is 0 Å². The molecule has 2 nitrogen and oxygen atoms in total. The summed E-state index contributed by atoms with van der Waals surface area (Å²) in [4.78, 5) is 12.1. The Morgan fingerprint density at radius 3 is 2.53 bits per heavy atom. The molecule has 1 atom stereocenters. The lowest BCUT2D eigenvalue weighted by molar-refractivity contribution is -0.127. The highest BCUT2D eigenvalue weighted by Crippen LogP contribution is 2.33. The van der Waals surface area contributed by atoms with Crippen LogP contribution in [-0.4, -0.2) is 12.8 Å². The Morgan fingerprint density at radius 1 is 1.20 bits per heavy atom. The lowest BCUT2D eigenvalue weighted by Gasteiger charge is -2.36. The van der Waals surface area contributed by atoms with Crippen LogP contribution in [0, 0.1) is 0 Å². The van der Waals surface area contributed by atoms with Gasteiger partial charge in [0.2, 0.25) is 0 Å². The molecule has 1 saturated carbocycles. The van der Waals surface area contributed by atoms with Crippen molar-refractivity contribution >= 4 is 5.78 Å². The smallest absolute Gasteiger partial charge is 0.157 e. The lowest BCUT2D eigenvalue weighted by atomic mass is 9.76. The summed E-state index contributed by atoms with van der Waals surface area (Å²) in [7, 11) is 1.89. The van der Waals surface area contributed by atoms with Gasteiger partial charge in [-0.15, -0.1) is 0 Å². The second kappa shape index (κ2) is 4.15. The molecule has 0 amide bonds. The zero-order chi connectivity index (χ0) is 10.7. The summed E-state index contributed by atoms with van der Waals surface area (Å²) in [6, 6.07) is 10.1. The minimum absolute atomic E-state index is 0.336. The Hall–Kier alpha value is -1.15. The fraction of sp³-hybridized carbons (Fsp3) is 0.462. The van der Waals surface area contributed by atoms with Crippen LogP contribution in [0.15, 0.2) is 30.3 Å². The van der Waals surface area contributed by atoms with E-state index >= 15 is 0 Å². The number of nitrogens with one attached hydrogen (secondary N) is 1. The van der Waals surface area contributed by atoms with Crippen molar-refractivity contribution in [3.8, 4) is 0 Å². The van der Waals surface area contributed by atoms with Crippen LogP contribution in [0.1, 0.15) is 31.2 Å². The highest BCUT2D eigenvalue weighted by Gasteiger charge is 2.39. The first-order chi connectivity index (χ1) is 7.29.